The lowest BCUT2D eigenvalue weighted by atomic mass is 9.97. The van der Waals surface area contributed by atoms with Crippen LogP contribution in [-0.2, 0) is 5.75 Å². The number of hydrogen-bond acceptors (Lipinski definition) is 7. The first-order chi connectivity index (χ1) is 15.1. The molecule has 0 amide bonds. The molecule has 0 bridgehead atoms. The lowest BCUT2D eigenvalue weighted by molar-refractivity contribution is 1.04. The summed E-state index contributed by atoms with van der Waals surface area (Å²) >= 11 is 3.06. The van der Waals surface area contributed by atoms with E-state index in [9.17, 15) is 10.5 Å². The Hall–Kier alpha value is -3.52. The van der Waals surface area contributed by atoms with E-state index in [1.165, 1.54) is 17.3 Å². The molecule has 4 aromatic rings. The zero-order chi connectivity index (χ0) is 21.8. The van der Waals surface area contributed by atoms with Crippen molar-refractivity contribution in [3.63, 3.8) is 0 Å². The Morgan fingerprint density at radius 2 is 1.74 bits per heavy atom. The number of benzene rings is 1. The summed E-state index contributed by atoms with van der Waals surface area (Å²) in [6.45, 7) is 3.86. The highest BCUT2D eigenvalue weighted by Gasteiger charge is 2.20. The van der Waals surface area contributed by atoms with Crippen molar-refractivity contribution < 1.29 is 0 Å². The molecule has 0 radical (unpaired) electrons. The van der Waals surface area contributed by atoms with Crippen LogP contribution in [0.1, 0.15) is 28.1 Å². The molecule has 3 heterocycles. The second-order valence-corrected chi connectivity index (χ2v) is 8.71. The third-order valence-corrected chi connectivity index (χ3v) is 6.67. The van der Waals surface area contributed by atoms with Gasteiger partial charge in [0.05, 0.1) is 22.5 Å². The molecular formula is C24H17N5S2. The molecule has 1 aromatic carbocycles. The van der Waals surface area contributed by atoms with Gasteiger partial charge in [-0.3, -0.25) is 4.98 Å². The van der Waals surface area contributed by atoms with Gasteiger partial charge in [0.1, 0.15) is 22.2 Å². The Kier molecular flexibility index (Phi) is 6.08. The van der Waals surface area contributed by atoms with E-state index in [2.05, 4.69) is 53.3 Å². The Bertz CT molecular complexity index is 1310. The van der Waals surface area contributed by atoms with Gasteiger partial charge < -0.3 is 0 Å². The van der Waals surface area contributed by atoms with Crippen molar-refractivity contribution in [2.24, 2.45) is 0 Å². The van der Waals surface area contributed by atoms with Gasteiger partial charge in [0.2, 0.25) is 0 Å². The zero-order valence-electron chi connectivity index (χ0n) is 17.0. The third-order valence-electron chi connectivity index (χ3n) is 4.73. The predicted octanol–water partition coefficient (Wildman–Crippen LogP) is 5.92. The maximum absolute atomic E-state index is 9.90. The first-order valence-corrected chi connectivity index (χ1v) is 11.4. The van der Waals surface area contributed by atoms with Gasteiger partial charge in [-0.25, -0.2) is 9.97 Å². The molecule has 0 spiro atoms. The van der Waals surface area contributed by atoms with Gasteiger partial charge >= 0.3 is 0 Å². The van der Waals surface area contributed by atoms with Crippen LogP contribution in [0.4, 0.5) is 0 Å². The number of aromatic nitrogens is 3. The normalized spacial score (nSPS) is 10.5. The van der Waals surface area contributed by atoms with Crippen LogP contribution in [0.2, 0.25) is 0 Å². The molecule has 0 aliphatic rings. The molecule has 0 atom stereocenters. The molecule has 0 aliphatic heterocycles. The van der Waals surface area contributed by atoms with Gasteiger partial charge in [0.15, 0.2) is 0 Å². The summed E-state index contributed by atoms with van der Waals surface area (Å²) in [6.07, 6.45) is 3.33. The SMILES string of the molecule is Cc1ccc(-c2nc(CSc3nc(C)c(C#N)c(-c4cccnc4)c3C#N)cs2)cc1. The first kappa shape index (κ1) is 20.7. The van der Waals surface area contributed by atoms with Gasteiger partial charge in [0.25, 0.3) is 0 Å². The lowest BCUT2D eigenvalue weighted by Crippen LogP contribution is -2.01. The van der Waals surface area contributed by atoms with Crippen LogP contribution in [0.3, 0.4) is 0 Å². The molecule has 7 heteroatoms. The topological polar surface area (TPSA) is 86.2 Å². The standard InChI is InChI=1S/C24H17N5S2/c1-15-5-7-17(8-6-15)23-29-19(13-30-23)14-31-24-21(11-26)22(18-4-3-9-27-12-18)20(10-25)16(2)28-24/h3-9,12-13H,14H2,1-2H3. The number of hydrogen-bond donors (Lipinski definition) is 0. The number of nitriles is 2. The van der Waals surface area contributed by atoms with Crippen LogP contribution in [-0.4, -0.2) is 15.0 Å². The Labute approximate surface area is 189 Å². The molecule has 150 valence electrons. The Balaban J connectivity index is 1.65. The van der Waals surface area contributed by atoms with E-state index in [1.54, 1.807) is 36.7 Å². The molecule has 0 N–H and O–H groups in total. The minimum Gasteiger partial charge on any atom is -0.264 e. The van der Waals surface area contributed by atoms with Crippen LogP contribution in [0.15, 0.2) is 59.2 Å². The highest BCUT2D eigenvalue weighted by molar-refractivity contribution is 7.98. The van der Waals surface area contributed by atoms with Crippen LogP contribution >= 0.6 is 23.1 Å². The van der Waals surface area contributed by atoms with Crippen LogP contribution in [0.25, 0.3) is 21.7 Å². The monoisotopic (exact) mass is 439 g/mol. The quantitative estimate of drug-likeness (QED) is 0.359. The van der Waals surface area contributed by atoms with Crippen molar-refractivity contribution in [1.82, 2.24) is 15.0 Å². The summed E-state index contributed by atoms with van der Waals surface area (Å²) < 4.78 is 0. The Morgan fingerprint density at radius 3 is 2.42 bits per heavy atom. The maximum Gasteiger partial charge on any atom is 0.123 e. The minimum atomic E-state index is 0.397. The van der Waals surface area contributed by atoms with Crippen molar-refractivity contribution in [2.45, 2.75) is 24.6 Å². The molecule has 0 saturated heterocycles. The lowest BCUT2D eigenvalue weighted by Gasteiger charge is -2.12. The number of rotatable bonds is 5. The number of aryl methyl sites for hydroxylation is 2. The van der Waals surface area contributed by atoms with Crippen LogP contribution in [0, 0.1) is 36.5 Å². The van der Waals surface area contributed by atoms with Gasteiger partial charge in [-0.05, 0) is 19.9 Å². The molecule has 3 aromatic heterocycles. The van der Waals surface area contributed by atoms with Crippen molar-refractivity contribution in [3.8, 4) is 33.8 Å². The minimum absolute atomic E-state index is 0.397. The van der Waals surface area contributed by atoms with E-state index in [-0.39, 0.29) is 0 Å². The molecule has 0 fully saturated rings. The molecule has 31 heavy (non-hydrogen) atoms. The average Bonchev–Trinajstić information content (AvgIpc) is 3.27. The van der Waals surface area contributed by atoms with E-state index in [1.807, 2.05) is 11.4 Å². The molecule has 0 aliphatic carbocycles. The fraction of sp³-hybridized carbons (Fsp3) is 0.125. The van der Waals surface area contributed by atoms with Crippen molar-refractivity contribution in [2.75, 3.05) is 0 Å². The van der Waals surface area contributed by atoms with Gasteiger partial charge in [0, 0.05) is 40.2 Å². The largest absolute Gasteiger partial charge is 0.264 e. The fourth-order valence-corrected chi connectivity index (χ4v) is 5.02. The number of thiazole rings is 1. The second kappa shape index (κ2) is 9.09. The fourth-order valence-electron chi connectivity index (χ4n) is 3.17. The van der Waals surface area contributed by atoms with Gasteiger partial charge in [-0.1, -0.05) is 47.7 Å². The molecule has 4 rings (SSSR count). The maximum atomic E-state index is 9.90. The summed E-state index contributed by atoms with van der Waals surface area (Å²) in [5, 5.41) is 23.2. The van der Waals surface area contributed by atoms with E-state index in [0.29, 0.717) is 33.2 Å². The van der Waals surface area contributed by atoms with Crippen LogP contribution in [0.5, 0.6) is 0 Å². The van der Waals surface area contributed by atoms with E-state index in [0.717, 1.165) is 21.8 Å². The Morgan fingerprint density at radius 1 is 0.968 bits per heavy atom. The van der Waals surface area contributed by atoms with Gasteiger partial charge in [-0.2, -0.15) is 10.5 Å². The summed E-state index contributed by atoms with van der Waals surface area (Å²) in [5.74, 6) is 0.585. The highest BCUT2D eigenvalue weighted by atomic mass is 32.2. The van der Waals surface area contributed by atoms with E-state index >= 15 is 0 Å². The smallest absolute Gasteiger partial charge is 0.123 e. The molecule has 5 nitrogen and oxygen atoms in total. The number of nitrogens with zero attached hydrogens (tertiary/aromatic N) is 5. The third kappa shape index (κ3) is 4.34. The van der Waals surface area contributed by atoms with Crippen LogP contribution < -0.4 is 0 Å². The van der Waals surface area contributed by atoms with E-state index in [4.69, 9.17) is 4.98 Å². The molecule has 0 unspecified atom stereocenters. The number of pyridine rings is 2. The van der Waals surface area contributed by atoms with Crippen molar-refractivity contribution in [1.29, 1.82) is 10.5 Å². The molecule has 0 saturated carbocycles. The summed E-state index contributed by atoms with van der Waals surface area (Å²) in [7, 11) is 0. The summed E-state index contributed by atoms with van der Waals surface area (Å²) in [6, 6.07) is 16.4. The number of thioether (sulfide) groups is 1. The summed E-state index contributed by atoms with van der Waals surface area (Å²) in [5.41, 5.74) is 5.97. The van der Waals surface area contributed by atoms with Crippen molar-refractivity contribution in [3.05, 3.63) is 82.3 Å². The second-order valence-electron chi connectivity index (χ2n) is 6.89. The highest BCUT2D eigenvalue weighted by Crippen LogP contribution is 2.35. The van der Waals surface area contributed by atoms with E-state index < -0.39 is 0 Å². The zero-order valence-corrected chi connectivity index (χ0v) is 18.6. The average molecular weight is 440 g/mol. The van der Waals surface area contributed by atoms with Crippen molar-refractivity contribution >= 4 is 23.1 Å². The molecular weight excluding hydrogens is 422 g/mol. The van der Waals surface area contributed by atoms with Gasteiger partial charge in [-0.15, -0.1) is 11.3 Å². The first-order valence-electron chi connectivity index (χ1n) is 9.50. The predicted molar refractivity (Wildman–Crippen MR) is 123 cm³/mol. The summed E-state index contributed by atoms with van der Waals surface area (Å²) in [4.78, 5) is 13.5.